The van der Waals surface area contributed by atoms with E-state index in [9.17, 15) is 9.59 Å². The van der Waals surface area contributed by atoms with Gasteiger partial charge in [0.25, 0.3) is 0 Å². The third kappa shape index (κ3) is 4.96. The average Bonchev–Trinajstić information content (AvgIpc) is 2.60. The molecule has 1 unspecified atom stereocenters. The van der Waals surface area contributed by atoms with Gasteiger partial charge >= 0.3 is 0 Å². The molecule has 1 aliphatic heterocycles. The second-order valence-electron chi connectivity index (χ2n) is 5.68. The van der Waals surface area contributed by atoms with Crippen LogP contribution >= 0.6 is 0 Å². The van der Waals surface area contributed by atoms with Crippen LogP contribution in [-0.4, -0.2) is 50.0 Å². The number of piperidine rings is 1. The summed E-state index contributed by atoms with van der Waals surface area (Å²) in [5.74, 6) is 0.519. The van der Waals surface area contributed by atoms with Gasteiger partial charge in [-0.25, -0.2) is 0 Å². The van der Waals surface area contributed by atoms with Crippen LogP contribution in [0.15, 0.2) is 24.3 Å². The highest BCUT2D eigenvalue weighted by Crippen LogP contribution is 2.17. The Morgan fingerprint density at radius 3 is 2.91 bits per heavy atom. The first-order chi connectivity index (χ1) is 11.1. The Bertz CT molecular complexity index is 542. The number of rotatable bonds is 6. The van der Waals surface area contributed by atoms with E-state index < -0.39 is 0 Å². The third-order valence-corrected chi connectivity index (χ3v) is 4.03. The summed E-state index contributed by atoms with van der Waals surface area (Å²) in [6, 6.07) is 7.17. The van der Waals surface area contributed by atoms with E-state index in [1.54, 1.807) is 24.1 Å². The van der Waals surface area contributed by atoms with Gasteiger partial charge in [0.15, 0.2) is 0 Å². The fourth-order valence-corrected chi connectivity index (χ4v) is 2.74. The van der Waals surface area contributed by atoms with Gasteiger partial charge in [0.05, 0.1) is 19.6 Å². The molecule has 6 heteroatoms. The SMILES string of the molecule is CCN(CC(=O)Nc1cccc(OC)c1)C(=O)C1CCCNC1. The number of hydrogen-bond acceptors (Lipinski definition) is 4. The largest absolute Gasteiger partial charge is 0.497 e. The third-order valence-electron chi connectivity index (χ3n) is 4.03. The monoisotopic (exact) mass is 319 g/mol. The summed E-state index contributed by atoms with van der Waals surface area (Å²) in [5, 5.41) is 6.05. The van der Waals surface area contributed by atoms with Crippen LogP contribution in [0.2, 0.25) is 0 Å². The number of carbonyl (C=O) groups excluding carboxylic acids is 2. The second-order valence-corrected chi connectivity index (χ2v) is 5.68. The lowest BCUT2D eigenvalue weighted by atomic mass is 9.98. The molecule has 2 rings (SSSR count). The van der Waals surface area contributed by atoms with Crippen LogP contribution in [0.1, 0.15) is 19.8 Å². The topological polar surface area (TPSA) is 70.7 Å². The molecule has 2 N–H and O–H groups in total. The molecule has 0 spiro atoms. The van der Waals surface area contributed by atoms with Crippen LogP contribution < -0.4 is 15.4 Å². The summed E-state index contributed by atoms with van der Waals surface area (Å²) < 4.78 is 5.13. The van der Waals surface area contributed by atoms with Gasteiger partial charge in [-0.3, -0.25) is 9.59 Å². The molecule has 1 saturated heterocycles. The van der Waals surface area contributed by atoms with Gasteiger partial charge < -0.3 is 20.3 Å². The van der Waals surface area contributed by atoms with Crippen molar-refractivity contribution in [2.75, 3.05) is 38.6 Å². The van der Waals surface area contributed by atoms with Crippen molar-refractivity contribution in [3.63, 3.8) is 0 Å². The summed E-state index contributed by atoms with van der Waals surface area (Å²) >= 11 is 0. The predicted octanol–water partition coefficient (Wildman–Crippen LogP) is 1.48. The number of hydrogen-bond donors (Lipinski definition) is 2. The number of likely N-dealkylation sites (N-methyl/N-ethyl adjacent to an activating group) is 1. The van der Waals surface area contributed by atoms with Crippen LogP contribution in [0.25, 0.3) is 0 Å². The molecule has 1 fully saturated rings. The molecule has 23 heavy (non-hydrogen) atoms. The molecule has 0 bridgehead atoms. The van der Waals surface area contributed by atoms with Crippen molar-refractivity contribution in [3.8, 4) is 5.75 Å². The number of anilines is 1. The van der Waals surface area contributed by atoms with E-state index >= 15 is 0 Å². The molecule has 6 nitrogen and oxygen atoms in total. The lowest BCUT2D eigenvalue weighted by molar-refractivity contribution is -0.138. The number of benzene rings is 1. The summed E-state index contributed by atoms with van der Waals surface area (Å²) in [5.41, 5.74) is 0.664. The first-order valence-electron chi connectivity index (χ1n) is 8.07. The first kappa shape index (κ1) is 17.3. The first-order valence-corrected chi connectivity index (χ1v) is 8.07. The molecule has 126 valence electrons. The van der Waals surface area contributed by atoms with Crippen LogP contribution in [0.5, 0.6) is 5.75 Å². The molecule has 1 aromatic carbocycles. The van der Waals surface area contributed by atoms with Gasteiger partial charge in [-0.1, -0.05) is 6.07 Å². The maximum absolute atomic E-state index is 12.5. The molecule has 0 radical (unpaired) electrons. The Balaban J connectivity index is 1.92. The van der Waals surface area contributed by atoms with Crippen LogP contribution in [0.4, 0.5) is 5.69 Å². The van der Waals surface area contributed by atoms with Crippen molar-refractivity contribution in [3.05, 3.63) is 24.3 Å². The molecular weight excluding hydrogens is 294 g/mol. The number of methoxy groups -OCH3 is 1. The van der Waals surface area contributed by atoms with E-state index in [0.29, 0.717) is 24.5 Å². The van der Waals surface area contributed by atoms with E-state index in [0.717, 1.165) is 19.4 Å². The lowest BCUT2D eigenvalue weighted by Crippen LogP contribution is -2.45. The van der Waals surface area contributed by atoms with Crippen molar-refractivity contribution < 1.29 is 14.3 Å². The maximum atomic E-state index is 12.5. The molecular formula is C17H25N3O3. The van der Waals surface area contributed by atoms with Gasteiger partial charge in [0, 0.05) is 24.8 Å². The van der Waals surface area contributed by atoms with Crippen molar-refractivity contribution in [2.24, 2.45) is 5.92 Å². The maximum Gasteiger partial charge on any atom is 0.243 e. The van der Waals surface area contributed by atoms with Crippen LogP contribution in [0.3, 0.4) is 0 Å². The van der Waals surface area contributed by atoms with Gasteiger partial charge in [0.2, 0.25) is 11.8 Å². The van der Waals surface area contributed by atoms with Gasteiger partial charge in [0.1, 0.15) is 5.75 Å². The molecule has 1 aromatic rings. The number of ether oxygens (including phenoxy) is 1. The van der Waals surface area contributed by atoms with Crippen molar-refractivity contribution in [2.45, 2.75) is 19.8 Å². The lowest BCUT2D eigenvalue weighted by Gasteiger charge is -2.28. The molecule has 1 heterocycles. The Morgan fingerprint density at radius 2 is 2.26 bits per heavy atom. The van der Waals surface area contributed by atoms with Gasteiger partial charge in [-0.15, -0.1) is 0 Å². The molecule has 0 saturated carbocycles. The quantitative estimate of drug-likeness (QED) is 0.833. The minimum atomic E-state index is -0.197. The van der Waals surface area contributed by atoms with E-state index in [4.69, 9.17) is 4.74 Å². The average molecular weight is 319 g/mol. The number of amides is 2. The summed E-state index contributed by atoms with van der Waals surface area (Å²) in [6.07, 6.45) is 1.89. The van der Waals surface area contributed by atoms with Crippen LogP contribution in [0, 0.1) is 5.92 Å². The number of nitrogens with zero attached hydrogens (tertiary/aromatic N) is 1. The highest BCUT2D eigenvalue weighted by molar-refractivity contribution is 5.95. The van der Waals surface area contributed by atoms with Crippen molar-refractivity contribution >= 4 is 17.5 Å². The standard InChI is InChI=1S/C17H25N3O3/c1-3-20(17(22)13-6-5-9-18-11-13)12-16(21)19-14-7-4-8-15(10-14)23-2/h4,7-8,10,13,18H,3,5-6,9,11-12H2,1-2H3,(H,19,21). The minimum Gasteiger partial charge on any atom is -0.497 e. The Kier molecular flexibility index (Phi) is 6.40. The Hall–Kier alpha value is -2.08. The molecule has 0 aliphatic carbocycles. The highest BCUT2D eigenvalue weighted by atomic mass is 16.5. The van der Waals surface area contributed by atoms with Crippen LogP contribution in [-0.2, 0) is 9.59 Å². The second kappa shape index (κ2) is 8.53. The molecule has 1 atom stereocenters. The number of nitrogens with one attached hydrogen (secondary N) is 2. The summed E-state index contributed by atoms with van der Waals surface area (Å²) in [6.45, 7) is 4.16. The Labute approximate surface area is 137 Å². The smallest absolute Gasteiger partial charge is 0.243 e. The van der Waals surface area contributed by atoms with E-state index in [1.807, 2.05) is 19.1 Å². The number of carbonyl (C=O) groups is 2. The fraction of sp³-hybridized carbons (Fsp3) is 0.529. The van der Waals surface area contributed by atoms with Gasteiger partial charge in [-0.05, 0) is 38.4 Å². The molecule has 0 aromatic heterocycles. The van der Waals surface area contributed by atoms with Crippen molar-refractivity contribution in [1.29, 1.82) is 0 Å². The van der Waals surface area contributed by atoms with E-state index in [-0.39, 0.29) is 24.3 Å². The van der Waals surface area contributed by atoms with E-state index in [2.05, 4.69) is 10.6 Å². The zero-order valence-electron chi connectivity index (χ0n) is 13.8. The molecule has 1 aliphatic rings. The van der Waals surface area contributed by atoms with Gasteiger partial charge in [-0.2, -0.15) is 0 Å². The zero-order chi connectivity index (χ0) is 16.7. The minimum absolute atomic E-state index is 0.0201. The Morgan fingerprint density at radius 1 is 1.43 bits per heavy atom. The highest BCUT2D eigenvalue weighted by Gasteiger charge is 2.26. The van der Waals surface area contributed by atoms with E-state index in [1.165, 1.54) is 0 Å². The summed E-state index contributed by atoms with van der Waals surface area (Å²) in [4.78, 5) is 26.3. The summed E-state index contributed by atoms with van der Waals surface area (Å²) in [7, 11) is 1.58. The zero-order valence-corrected chi connectivity index (χ0v) is 13.8. The van der Waals surface area contributed by atoms with Crippen molar-refractivity contribution in [1.82, 2.24) is 10.2 Å². The predicted molar refractivity (Wildman–Crippen MR) is 89.5 cm³/mol. The molecule has 2 amide bonds. The normalized spacial score (nSPS) is 17.4. The fourth-order valence-electron chi connectivity index (χ4n) is 2.74.